The van der Waals surface area contributed by atoms with Gasteiger partial charge in [-0.25, -0.2) is 4.98 Å². The van der Waals surface area contributed by atoms with E-state index in [0.717, 1.165) is 36.5 Å². The standard InChI is InChI=1S/C12H20BrN5/c1-4-17-5-6-18(8-9(17)2)11-10(13)7-15-12(14-3)16-11/h7,9H,4-6,8H2,1-3H3,(H,14,15,16). The van der Waals surface area contributed by atoms with Gasteiger partial charge in [-0.1, -0.05) is 6.92 Å². The molecule has 0 aliphatic carbocycles. The lowest BCUT2D eigenvalue weighted by atomic mass is 10.2. The number of nitrogens with zero attached hydrogens (tertiary/aromatic N) is 4. The molecule has 1 aliphatic heterocycles. The molecular weight excluding hydrogens is 294 g/mol. The van der Waals surface area contributed by atoms with E-state index < -0.39 is 0 Å². The molecule has 1 atom stereocenters. The van der Waals surface area contributed by atoms with Crippen LogP contribution in [0.3, 0.4) is 0 Å². The molecule has 1 unspecified atom stereocenters. The van der Waals surface area contributed by atoms with Crippen molar-refractivity contribution in [2.75, 3.05) is 43.4 Å². The van der Waals surface area contributed by atoms with Crippen LogP contribution in [0.1, 0.15) is 13.8 Å². The predicted octanol–water partition coefficient (Wildman–Crippen LogP) is 1.81. The molecule has 0 radical (unpaired) electrons. The molecule has 1 saturated heterocycles. The van der Waals surface area contributed by atoms with Crippen LogP contribution in [0, 0.1) is 0 Å². The van der Waals surface area contributed by atoms with E-state index in [2.05, 4.69) is 54.9 Å². The Morgan fingerprint density at radius 2 is 2.28 bits per heavy atom. The second-order valence-corrected chi connectivity index (χ2v) is 5.39. The highest BCUT2D eigenvalue weighted by Gasteiger charge is 2.24. The van der Waals surface area contributed by atoms with Crippen molar-refractivity contribution in [3.8, 4) is 0 Å². The average molecular weight is 314 g/mol. The van der Waals surface area contributed by atoms with Crippen LogP contribution >= 0.6 is 15.9 Å². The highest BCUT2D eigenvalue weighted by Crippen LogP contribution is 2.26. The van der Waals surface area contributed by atoms with Crippen molar-refractivity contribution in [2.24, 2.45) is 0 Å². The summed E-state index contributed by atoms with van der Waals surface area (Å²) in [5.41, 5.74) is 0. The summed E-state index contributed by atoms with van der Waals surface area (Å²) in [6.07, 6.45) is 1.81. The van der Waals surface area contributed by atoms with Crippen LogP contribution in [-0.4, -0.2) is 54.1 Å². The molecule has 2 rings (SSSR count). The molecular formula is C12H20BrN5. The minimum atomic E-state index is 0.559. The minimum absolute atomic E-state index is 0.559. The first-order chi connectivity index (χ1) is 8.65. The van der Waals surface area contributed by atoms with E-state index in [0.29, 0.717) is 12.0 Å². The summed E-state index contributed by atoms with van der Waals surface area (Å²) in [7, 11) is 1.84. The van der Waals surface area contributed by atoms with Gasteiger partial charge >= 0.3 is 0 Å². The molecule has 0 spiro atoms. The van der Waals surface area contributed by atoms with E-state index in [1.54, 1.807) is 0 Å². The summed E-state index contributed by atoms with van der Waals surface area (Å²) in [5, 5.41) is 2.98. The lowest BCUT2D eigenvalue weighted by Gasteiger charge is -2.40. The zero-order chi connectivity index (χ0) is 13.1. The van der Waals surface area contributed by atoms with Gasteiger partial charge in [0.1, 0.15) is 5.82 Å². The summed E-state index contributed by atoms with van der Waals surface area (Å²) in [4.78, 5) is 13.5. The van der Waals surface area contributed by atoms with E-state index >= 15 is 0 Å². The van der Waals surface area contributed by atoms with Crippen LogP contribution in [-0.2, 0) is 0 Å². The first-order valence-corrected chi connectivity index (χ1v) is 7.14. The number of piperazine rings is 1. The Bertz CT molecular complexity index is 411. The molecule has 18 heavy (non-hydrogen) atoms. The monoisotopic (exact) mass is 313 g/mol. The van der Waals surface area contributed by atoms with Crippen molar-refractivity contribution < 1.29 is 0 Å². The molecule has 6 heteroatoms. The maximum atomic E-state index is 4.54. The molecule has 1 fully saturated rings. The fourth-order valence-electron chi connectivity index (χ4n) is 2.36. The Hall–Kier alpha value is -0.880. The first kappa shape index (κ1) is 13.5. The lowest BCUT2D eigenvalue weighted by Crippen LogP contribution is -2.52. The van der Waals surface area contributed by atoms with E-state index in [9.17, 15) is 0 Å². The molecule has 5 nitrogen and oxygen atoms in total. The molecule has 0 bridgehead atoms. The van der Waals surface area contributed by atoms with Gasteiger partial charge in [0.05, 0.1) is 4.47 Å². The number of rotatable bonds is 3. The summed E-state index contributed by atoms with van der Waals surface area (Å²) < 4.78 is 0.957. The normalized spacial score (nSPS) is 21.1. The number of likely N-dealkylation sites (N-methyl/N-ethyl adjacent to an activating group) is 1. The molecule has 1 aliphatic rings. The molecule has 0 amide bonds. The third kappa shape index (κ3) is 2.75. The number of hydrogen-bond donors (Lipinski definition) is 1. The van der Waals surface area contributed by atoms with Crippen LogP contribution in [0.15, 0.2) is 10.7 Å². The van der Waals surface area contributed by atoms with E-state index in [1.165, 1.54) is 0 Å². The average Bonchev–Trinajstić information content (AvgIpc) is 2.39. The van der Waals surface area contributed by atoms with E-state index in [1.807, 2.05) is 13.2 Å². The minimum Gasteiger partial charge on any atom is -0.357 e. The zero-order valence-electron chi connectivity index (χ0n) is 11.1. The summed E-state index contributed by atoms with van der Waals surface area (Å²) in [6, 6.07) is 0.559. The fraction of sp³-hybridized carbons (Fsp3) is 0.667. The summed E-state index contributed by atoms with van der Waals surface area (Å²) in [5.74, 6) is 1.65. The Morgan fingerprint density at radius 1 is 1.50 bits per heavy atom. The van der Waals surface area contributed by atoms with Crippen molar-refractivity contribution in [3.05, 3.63) is 10.7 Å². The van der Waals surface area contributed by atoms with Gasteiger partial charge in [0, 0.05) is 38.9 Å². The molecule has 1 aromatic heterocycles. The van der Waals surface area contributed by atoms with Gasteiger partial charge in [-0.3, -0.25) is 4.90 Å². The van der Waals surface area contributed by atoms with E-state index in [-0.39, 0.29) is 0 Å². The van der Waals surface area contributed by atoms with Crippen LogP contribution in [0.5, 0.6) is 0 Å². The van der Waals surface area contributed by atoms with Crippen molar-refractivity contribution in [2.45, 2.75) is 19.9 Å². The molecule has 1 aromatic rings. The smallest absolute Gasteiger partial charge is 0.224 e. The maximum Gasteiger partial charge on any atom is 0.224 e. The van der Waals surface area contributed by atoms with Crippen molar-refractivity contribution >= 4 is 27.7 Å². The lowest BCUT2D eigenvalue weighted by molar-refractivity contribution is 0.199. The number of halogens is 1. The molecule has 0 saturated carbocycles. The Morgan fingerprint density at radius 3 is 2.89 bits per heavy atom. The molecule has 100 valence electrons. The predicted molar refractivity (Wildman–Crippen MR) is 78.2 cm³/mol. The van der Waals surface area contributed by atoms with Crippen LogP contribution in [0.2, 0.25) is 0 Å². The van der Waals surface area contributed by atoms with Gasteiger partial charge in [-0.05, 0) is 29.4 Å². The Balaban J connectivity index is 2.17. The fourth-order valence-corrected chi connectivity index (χ4v) is 2.80. The van der Waals surface area contributed by atoms with Gasteiger partial charge in [-0.15, -0.1) is 0 Å². The van der Waals surface area contributed by atoms with Gasteiger partial charge < -0.3 is 10.2 Å². The topological polar surface area (TPSA) is 44.3 Å². The van der Waals surface area contributed by atoms with Crippen LogP contribution in [0.4, 0.5) is 11.8 Å². The maximum absolute atomic E-state index is 4.54. The highest BCUT2D eigenvalue weighted by atomic mass is 79.9. The van der Waals surface area contributed by atoms with Crippen molar-refractivity contribution in [1.29, 1.82) is 0 Å². The molecule has 0 aromatic carbocycles. The second kappa shape index (κ2) is 5.84. The SMILES string of the molecule is CCN1CCN(c2nc(NC)ncc2Br)CC1C. The van der Waals surface area contributed by atoms with Gasteiger partial charge in [0.15, 0.2) is 0 Å². The van der Waals surface area contributed by atoms with Crippen molar-refractivity contribution in [3.63, 3.8) is 0 Å². The van der Waals surface area contributed by atoms with E-state index in [4.69, 9.17) is 0 Å². The molecule has 2 heterocycles. The number of aromatic nitrogens is 2. The second-order valence-electron chi connectivity index (χ2n) is 4.54. The highest BCUT2D eigenvalue weighted by molar-refractivity contribution is 9.10. The Kier molecular flexibility index (Phi) is 4.40. The van der Waals surface area contributed by atoms with Crippen molar-refractivity contribution in [1.82, 2.24) is 14.9 Å². The molecule has 1 N–H and O–H groups in total. The summed E-state index contributed by atoms with van der Waals surface area (Å²) >= 11 is 3.54. The zero-order valence-corrected chi connectivity index (χ0v) is 12.7. The Labute approximate surface area is 117 Å². The quantitative estimate of drug-likeness (QED) is 0.922. The largest absolute Gasteiger partial charge is 0.357 e. The number of hydrogen-bond acceptors (Lipinski definition) is 5. The first-order valence-electron chi connectivity index (χ1n) is 6.35. The van der Waals surface area contributed by atoms with Crippen LogP contribution < -0.4 is 10.2 Å². The van der Waals surface area contributed by atoms with Gasteiger partial charge in [0.25, 0.3) is 0 Å². The number of anilines is 2. The van der Waals surface area contributed by atoms with Crippen LogP contribution in [0.25, 0.3) is 0 Å². The van der Waals surface area contributed by atoms with Gasteiger partial charge in [-0.2, -0.15) is 4.98 Å². The summed E-state index contributed by atoms with van der Waals surface area (Å²) in [6.45, 7) is 8.70. The number of nitrogens with one attached hydrogen (secondary N) is 1. The van der Waals surface area contributed by atoms with Gasteiger partial charge in [0.2, 0.25) is 5.95 Å². The third-order valence-electron chi connectivity index (χ3n) is 3.42. The third-order valence-corrected chi connectivity index (χ3v) is 3.98.